The summed E-state index contributed by atoms with van der Waals surface area (Å²) in [6, 6.07) is 68.9. The van der Waals surface area contributed by atoms with Crippen molar-refractivity contribution in [3.63, 3.8) is 0 Å². The second-order valence-electron chi connectivity index (χ2n) is 15.1. The van der Waals surface area contributed by atoms with E-state index in [2.05, 4.69) is 218 Å². The summed E-state index contributed by atoms with van der Waals surface area (Å²) in [5.41, 5.74) is 18.5. The molecule has 1 heterocycles. The number of nitrogens with zero attached hydrogens (tertiary/aromatic N) is 2. The molecule has 0 N–H and O–H groups in total. The molecular formula is C52H40N2. The molecule has 0 unspecified atom stereocenters. The van der Waals surface area contributed by atoms with E-state index in [0.717, 1.165) is 17.1 Å². The molecule has 0 radical (unpaired) electrons. The van der Waals surface area contributed by atoms with Crippen molar-refractivity contribution in [1.29, 1.82) is 0 Å². The summed E-state index contributed by atoms with van der Waals surface area (Å²) in [6.07, 6.45) is 0. The number of para-hydroxylation sites is 2. The monoisotopic (exact) mass is 692 g/mol. The largest absolute Gasteiger partial charge is 0.310 e. The highest BCUT2D eigenvalue weighted by Gasteiger charge is 2.36. The van der Waals surface area contributed by atoms with Gasteiger partial charge in [-0.2, -0.15) is 0 Å². The van der Waals surface area contributed by atoms with Gasteiger partial charge in [0.1, 0.15) is 0 Å². The number of rotatable bonds is 6. The van der Waals surface area contributed by atoms with Crippen LogP contribution in [0.4, 0.5) is 17.1 Å². The Hall–Kier alpha value is -6.64. The van der Waals surface area contributed by atoms with E-state index >= 15 is 0 Å². The van der Waals surface area contributed by atoms with Crippen molar-refractivity contribution in [2.75, 3.05) is 4.90 Å². The first kappa shape index (κ1) is 32.0. The van der Waals surface area contributed by atoms with Crippen molar-refractivity contribution in [2.24, 2.45) is 0 Å². The van der Waals surface area contributed by atoms with Crippen LogP contribution in [0.3, 0.4) is 0 Å². The maximum absolute atomic E-state index is 2.42. The molecule has 1 aromatic heterocycles. The van der Waals surface area contributed by atoms with Gasteiger partial charge in [0, 0.05) is 38.9 Å². The van der Waals surface area contributed by atoms with Crippen LogP contribution < -0.4 is 4.90 Å². The number of aryl methyl sites for hydroxylation is 1. The third kappa shape index (κ3) is 5.17. The molecule has 1 aliphatic carbocycles. The fraction of sp³-hybridized carbons (Fsp3) is 0.0769. The zero-order valence-corrected chi connectivity index (χ0v) is 30.8. The minimum atomic E-state index is -0.0956. The van der Waals surface area contributed by atoms with Gasteiger partial charge >= 0.3 is 0 Å². The van der Waals surface area contributed by atoms with Gasteiger partial charge in [0.15, 0.2) is 0 Å². The normalized spacial score (nSPS) is 12.9. The summed E-state index contributed by atoms with van der Waals surface area (Å²) in [6.45, 7) is 6.92. The number of hydrogen-bond donors (Lipinski definition) is 0. The van der Waals surface area contributed by atoms with Gasteiger partial charge < -0.3 is 9.47 Å². The third-order valence-electron chi connectivity index (χ3n) is 11.5. The van der Waals surface area contributed by atoms with Crippen LogP contribution in [0.25, 0.3) is 60.9 Å². The van der Waals surface area contributed by atoms with E-state index in [1.807, 2.05) is 0 Å². The molecule has 2 heteroatoms. The summed E-state index contributed by atoms with van der Waals surface area (Å²) in [7, 11) is 0. The highest BCUT2D eigenvalue weighted by atomic mass is 15.1. The van der Waals surface area contributed by atoms with E-state index in [0.29, 0.717) is 0 Å². The Balaban J connectivity index is 1.07. The van der Waals surface area contributed by atoms with Crippen LogP contribution in [0.15, 0.2) is 188 Å². The quantitative estimate of drug-likeness (QED) is 0.168. The van der Waals surface area contributed by atoms with Crippen LogP contribution in [0, 0.1) is 6.92 Å². The molecule has 8 aromatic carbocycles. The average Bonchev–Trinajstić information content (AvgIpc) is 3.66. The average molecular weight is 693 g/mol. The maximum Gasteiger partial charge on any atom is 0.0541 e. The topological polar surface area (TPSA) is 8.17 Å². The van der Waals surface area contributed by atoms with E-state index in [9.17, 15) is 0 Å². The molecule has 0 bridgehead atoms. The van der Waals surface area contributed by atoms with Gasteiger partial charge in [-0.25, -0.2) is 0 Å². The van der Waals surface area contributed by atoms with E-state index in [1.165, 1.54) is 77.6 Å². The van der Waals surface area contributed by atoms with Gasteiger partial charge in [-0.15, -0.1) is 0 Å². The standard InChI is InChI=1S/C52H40N2/c1-35-18-29-44-45-30-28-43(34-49(45)52(2,3)48(44)32-35)53(41-24-19-37(20-25-41)36-12-6-4-7-13-36)42-26-21-38(22-27-42)39-23-31-51-47(33-39)46-16-10-11-17-50(46)54(51)40-14-8-5-9-15-40/h4-34H,1-3H3. The van der Waals surface area contributed by atoms with Gasteiger partial charge in [0.2, 0.25) is 0 Å². The Kier molecular flexibility index (Phi) is 7.42. The highest BCUT2D eigenvalue weighted by Crippen LogP contribution is 2.51. The first-order valence-electron chi connectivity index (χ1n) is 18.8. The van der Waals surface area contributed by atoms with Crippen LogP contribution in [0.2, 0.25) is 0 Å². The lowest BCUT2D eigenvalue weighted by Crippen LogP contribution is -2.16. The number of anilines is 3. The summed E-state index contributed by atoms with van der Waals surface area (Å²) in [4.78, 5) is 2.40. The summed E-state index contributed by atoms with van der Waals surface area (Å²) in [5, 5.41) is 2.52. The predicted octanol–water partition coefficient (Wildman–Crippen LogP) is 14.2. The Morgan fingerprint density at radius 2 is 0.926 bits per heavy atom. The predicted molar refractivity (Wildman–Crippen MR) is 229 cm³/mol. The summed E-state index contributed by atoms with van der Waals surface area (Å²) < 4.78 is 2.37. The molecule has 0 fully saturated rings. The third-order valence-corrected chi connectivity index (χ3v) is 11.5. The van der Waals surface area contributed by atoms with Crippen LogP contribution in [0.1, 0.15) is 30.5 Å². The van der Waals surface area contributed by atoms with Gasteiger partial charge in [0.05, 0.1) is 11.0 Å². The number of benzene rings is 8. The van der Waals surface area contributed by atoms with Gasteiger partial charge in [-0.05, 0) is 118 Å². The lowest BCUT2D eigenvalue weighted by Gasteiger charge is -2.28. The second-order valence-corrected chi connectivity index (χ2v) is 15.1. The van der Waals surface area contributed by atoms with E-state index < -0.39 is 0 Å². The molecule has 0 saturated carbocycles. The first-order chi connectivity index (χ1) is 26.4. The molecule has 0 aliphatic heterocycles. The maximum atomic E-state index is 2.42. The molecule has 2 nitrogen and oxygen atoms in total. The number of aromatic nitrogens is 1. The molecule has 9 aromatic rings. The molecule has 10 rings (SSSR count). The smallest absolute Gasteiger partial charge is 0.0541 e. The molecular weight excluding hydrogens is 653 g/mol. The van der Waals surface area contributed by atoms with E-state index in [-0.39, 0.29) is 5.41 Å². The van der Waals surface area contributed by atoms with Crippen molar-refractivity contribution in [3.05, 3.63) is 205 Å². The Morgan fingerprint density at radius 1 is 0.407 bits per heavy atom. The zero-order chi connectivity index (χ0) is 36.4. The number of hydrogen-bond acceptors (Lipinski definition) is 1. The van der Waals surface area contributed by atoms with Crippen LogP contribution in [0.5, 0.6) is 0 Å². The van der Waals surface area contributed by atoms with Crippen molar-refractivity contribution >= 4 is 38.9 Å². The van der Waals surface area contributed by atoms with Crippen LogP contribution in [-0.4, -0.2) is 4.57 Å². The lowest BCUT2D eigenvalue weighted by molar-refractivity contribution is 0.660. The Labute approximate surface area is 317 Å². The number of fused-ring (bicyclic) bond motifs is 6. The first-order valence-corrected chi connectivity index (χ1v) is 18.8. The van der Waals surface area contributed by atoms with Crippen molar-refractivity contribution in [1.82, 2.24) is 4.57 Å². The second kappa shape index (κ2) is 12.5. The van der Waals surface area contributed by atoms with E-state index in [4.69, 9.17) is 0 Å². The minimum absolute atomic E-state index is 0.0956. The summed E-state index contributed by atoms with van der Waals surface area (Å²) in [5.74, 6) is 0. The molecule has 54 heavy (non-hydrogen) atoms. The van der Waals surface area contributed by atoms with Crippen molar-refractivity contribution in [2.45, 2.75) is 26.2 Å². The SMILES string of the molecule is Cc1ccc2c(c1)C(C)(C)c1cc(N(c3ccc(-c4ccccc4)cc3)c3ccc(-c4ccc5c(c4)c4ccccc4n5-c4ccccc4)cc3)ccc1-2. The molecule has 258 valence electrons. The van der Waals surface area contributed by atoms with Crippen molar-refractivity contribution in [3.8, 4) is 39.1 Å². The van der Waals surface area contributed by atoms with Gasteiger partial charge in [-0.3, -0.25) is 0 Å². The molecule has 0 atom stereocenters. The molecule has 0 spiro atoms. The minimum Gasteiger partial charge on any atom is -0.310 e. The zero-order valence-electron chi connectivity index (χ0n) is 30.8. The van der Waals surface area contributed by atoms with Crippen molar-refractivity contribution < 1.29 is 0 Å². The fourth-order valence-corrected chi connectivity index (χ4v) is 8.67. The van der Waals surface area contributed by atoms with E-state index in [1.54, 1.807) is 0 Å². The fourth-order valence-electron chi connectivity index (χ4n) is 8.67. The van der Waals surface area contributed by atoms with Gasteiger partial charge in [-0.1, -0.05) is 141 Å². The molecule has 0 saturated heterocycles. The van der Waals surface area contributed by atoms with Crippen LogP contribution >= 0.6 is 0 Å². The lowest BCUT2D eigenvalue weighted by atomic mass is 9.82. The van der Waals surface area contributed by atoms with Gasteiger partial charge in [0.25, 0.3) is 0 Å². The highest BCUT2D eigenvalue weighted by molar-refractivity contribution is 6.10. The Morgan fingerprint density at radius 3 is 1.63 bits per heavy atom. The molecule has 1 aliphatic rings. The summed E-state index contributed by atoms with van der Waals surface area (Å²) >= 11 is 0. The molecule has 0 amide bonds. The van der Waals surface area contributed by atoms with Crippen LogP contribution in [-0.2, 0) is 5.41 Å². The Bertz CT molecular complexity index is 2830.